The summed E-state index contributed by atoms with van der Waals surface area (Å²) in [6.45, 7) is 0.231. The molecule has 0 aliphatic heterocycles. The number of aromatic nitrogens is 1. The lowest BCUT2D eigenvalue weighted by atomic mass is 10.2. The van der Waals surface area contributed by atoms with Crippen LogP contribution in [0.2, 0.25) is 0 Å². The number of pyridine rings is 1. The average Bonchev–Trinajstić information content (AvgIpc) is 2.47. The Labute approximate surface area is 112 Å². The smallest absolute Gasteiger partial charge is 0.240 e. The van der Waals surface area contributed by atoms with Gasteiger partial charge in [-0.1, -0.05) is 12.1 Å². The molecule has 0 amide bonds. The van der Waals surface area contributed by atoms with Gasteiger partial charge in [-0.05, 0) is 29.8 Å². The Balaban J connectivity index is 2.05. The van der Waals surface area contributed by atoms with E-state index in [0.717, 1.165) is 11.3 Å². The van der Waals surface area contributed by atoms with Crippen LogP contribution in [-0.4, -0.2) is 20.5 Å². The maximum absolute atomic E-state index is 12.0. The highest BCUT2D eigenvalue weighted by atomic mass is 32.2. The Bertz CT molecular complexity index is 625. The normalized spacial score (nSPS) is 11.2. The maximum atomic E-state index is 12.0. The van der Waals surface area contributed by atoms with Gasteiger partial charge in [-0.15, -0.1) is 0 Å². The summed E-state index contributed by atoms with van der Waals surface area (Å²) in [4.78, 5) is 3.99. The van der Waals surface area contributed by atoms with Gasteiger partial charge in [0.1, 0.15) is 5.75 Å². The van der Waals surface area contributed by atoms with Crippen LogP contribution in [0, 0.1) is 0 Å². The molecule has 0 radical (unpaired) electrons. The van der Waals surface area contributed by atoms with Crippen LogP contribution in [0.15, 0.2) is 53.7 Å². The molecule has 1 N–H and O–H groups in total. The van der Waals surface area contributed by atoms with Gasteiger partial charge in [0.2, 0.25) is 10.0 Å². The van der Waals surface area contributed by atoms with Crippen LogP contribution in [0.1, 0.15) is 5.56 Å². The fraction of sp³-hybridized carbons (Fsp3) is 0.154. The second-order valence-electron chi connectivity index (χ2n) is 3.86. The number of sulfonamides is 1. The molecule has 0 unspecified atom stereocenters. The van der Waals surface area contributed by atoms with Gasteiger partial charge in [-0.2, -0.15) is 0 Å². The minimum absolute atomic E-state index is 0.205. The number of hydrogen-bond donors (Lipinski definition) is 1. The van der Waals surface area contributed by atoms with Crippen molar-refractivity contribution in [2.75, 3.05) is 7.11 Å². The fourth-order valence-corrected chi connectivity index (χ4v) is 2.53. The van der Waals surface area contributed by atoms with Gasteiger partial charge in [0.25, 0.3) is 0 Å². The Morgan fingerprint density at radius 1 is 1.11 bits per heavy atom. The predicted molar refractivity (Wildman–Crippen MR) is 71.3 cm³/mol. The summed E-state index contributed by atoms with van der Waals surface area (Å²) in [5, 5.41) is 0. The first-order chi connectivity index (χ1) is 9.12. The monoisotopic (exact) mass is 278 g/mol. The minimum Gasteiger partial charge on any atom is -0.497 e. The Morgan fingerprint density at radius 3 is 2.32 bits per heavy atom. The third-order valence-electron chi connectivity index (χ3n) is 2.59. The van der Waals surface area contributed by atoms with Crippen molar-refractivity contribution >= 4 is 10.0 Å². The highest BCUT2D eigenvalue weighted by Gasteiger charge is 2.12. The van der Waals surface area contributed by atoms with E-state index in [0.29, 0.717) is 0 Å². The maximum Gasteiger partial charge on any atom is 0.240 e. The molecular weight excluding hydrogens is 264 g/mol. The Morgan fingerprint density at radius 2 is 1.74 bits per heavy atom. The van der Waals surface area contributed by atoms with Gasteiger partial charge in [-0.3, -0.25) is 4.98 Å². The zero-order valence-electron chi connectivity index (χ0n) is 10.4. The number of nitrogens with zero attached hydrogens (tertiary/aromatic N) is 1. The second kappa shape index (κ2) is 5.81. The summed E-state index contributed by atoms with van der Waals surface area (Å²) in [5.41, 5.74) is 0.860. The summed E-state index contributed by atoms with van der Waals surface area (Å²) in [6, 6.07) is 10.1. The Hall–Kier alpha value is -1.92. The summed E-state index contributed by atoms with van der Waals surface area (Å²) in [7, 11) is -1.91. The van der Waals surface area contributed by atoms with Crippen LogP contribution in [0.5, 0.6) is 5.75 Å². The van der Waals surface area contributed by atoms with Crippen molar-refractivity contribution in [2.24, 2.45) is 0 Å². The molecule has 0 atom stereocenters. The zero-order chi connectivity index (χ0) is 13.7. The van der Waals surface area contributed by atoms with E-state index in [2.05, 4.69) is 9.71 Å². The highest BCUT2D eigenvalue weighted by molar-refractivity contribution is 7.89. The fourth-order valence-electron chi connectivity index (χ4n) is 1.52. The topological polar surface area (TPSA) is 68.3 Å². The molecule has 0 aliphatic rings. The molecule has 2 aromatic rings. The van der Waals surface area contributed by atoms with E-state index in [4.69, 9.17) is 4.74 Å². The summed E-state index contributed by atoms with van der Waals surface area (Å²) in [6.07, 6.45) is 2.89. The van der Waals surface area contributed by atoms with Crippen molar-refractivity contribution in [1.82, 2.24) is 9.71 Å². The molecule has 0 spiro atoms. The van der Waals surface area contributed by atoms with Crippen molar-refractivity contribution in [2.45, 2.75) is 11.4 Å². The average molecular weight is 278 g/mol. The number of nitrogens with one attached hydrogen (secondary N) is 1. The molecular formula is C13H14N2O3S. The van der Waals surface area contributed by atoms with Crippen molar-refractivity contribution in [3.63, 3.8) is 0 Å². The van der Waals surface area contributed by atoms with Gasteiger partial charge in [-0.25, -0.2) is 13.1 Å². The molecule has 19 heavy (non-hydrogen) atoms. The van der Waals surface area contributed by atoms with Crippen molar-refractivity contribution < 1.29 is 13.2 Å². The number of benzene rings is 1. The molecule has 0 bridgehead atoms. The van der Waals surface area contributed by atoms with E-state index < -0.39 is 10.0 Å². The predicted octanol–water partition coefficient (Wildman–Crippen LogP) is 1.57. The van der Waals surface area contributed by atoms with Crippen LogP contribution in [-0.2, 0) is 16.6 Å². The number of methoxy groups -OCH3 is 1. The van der Waals surface area contributed by atoms with Crippen molar-refractivity contribution in [3.8, 4) is 5.75 Å². The first kappa shape index (κ1) is 13.5. The van der Waals surface area contributed by atoms with Gasteiger partial charge < -0.3 is 4.74 Å². The molecule has 0 saturated carbocycles. The molecule has 5 nitrogen and oxygen atoms in total. The van der Waals surface area contributed by atoms with Crippen LogP contribution in [0.3, 0.4) is 0 Å². The van der Waals surface area contributed by atoms with E-state index in [1.807, 2.05) is 12.1 Å². The van der Waals surface area contributed by atoms with E-state index in [9.17, 15) is 8.42 Å². The van der Waals surface area contributed by atoms with Gasteiger partial charge in [0, 0.05) is 18.9 Å². The standard InChI is InChI=1S/C13H14N2O3S/c1-18-12-4-2-11(3-5-12)10-15-19(16,17)13-6-8-14-9-7-13/h2-9,15H,10H2,1H3. The van der Waals surface area contributed by atoms with Gasteiger partial charge >= 0.3 is 0 Å². The molecule has 2 rings (SSSR count). The van der Waals surface area contributed by atoms with Crippen molar-refractivity contribution in [3.05, 3.63) is 54.4 Å². The second-order valence-corrected chi connectivity index (χ2v) is 5.62. The lowest BCUT2D eigenvalue weighted by Gasteiger charge is -2.07. The van der Waals surface area contributed by atoms with E-state index in [-0.39, 0.29) is 11.4 Å². The van der Waals surface area contributed by atoms with E-state index in [1.54, 1.807) is 19.2 Å². The summed E-state index contributed by atoms with van der Waals surface area (Å²) < 4.78 is 31.5. The van der Waals surface area contributed by atoms with Gasteiger partial charge in [0.05, 0.1) is 12.0 Å². The molecule has 1 heterocycles. The zero-order valence-corrected chi connectivity index (χ0v) is 11.2. The van der Waals surface area contributed by atoms with E-state index in [1.165, 1.54) is 24.5 Å². The van der Waals surface area contributed by atoms with Crippen LogP contribution in [0.25, 0.3) is 0 Å². The quantitative estimate of drug-likeness (QED) is 0.901. The largest absolute Gasteiger partial charge is 0.497 e. The third-order valence-corrected chi connectivity index (χ3v) is 4.00. The molecule has 1 aromatic carbocycles. The summed E-state index contributed by atoms with van der Waals surface area (Å²) in [5.74, 6) is 0.737. The van der Waals surface area contributed by atoms with Crippen LogP contribution >= 0.6 is 0 Å². The number of rotatable bonds is 5. The first-order valence-electron chi connectivity index (χ1n) is 5.64. The first-order valence-corrected chi connectivity index (χ1v) is 7.13. The lowest BCUT2D eigenvalue weighted by molar-refractivity contribution is 0.414. The van der Waals surface area contributed by atoms with Crippen LogP contribution in [0.4, 0.5) is 0 Å². The molecule has 100 valence electrons. The van der Waals surface area contributed by atoms with E-state index >= 15 is 0 Å². The highest BCUT2D eigenvalue weighted by Crippen LogP contribution is 2.12. The molecule has 1 aromatic heterocycles. The molecule has 0 aliphatic carbocycles. The lowest BCUT2D eigenvalue weighted by Crippen LogP contribution is -2.23. The van der Waals surface area contributed by atoms with Crippen LogP contribution < -0.4 is 9.46 Å². The number of ether oxygens (including phenoxy) is 1. The van der Waals surface area contributed by atoms with Crippen molar-refractivity contribution in [1.29, 1.82) is 0 Å². The SMILES string of the molecule is COc1ccc(CNS(=O)(=O)c2ccncc2)cc1. The summed E-state index contributed by atoms with van der Waals surface area (Å²) >= 11 is 0. The third kappa shape index (κ3) is 3.52. The van der Waals surface area contributed by atoms with Gasteiger partial charge in [0.15, 0.2) is 0 Å². The Kier molecular flexibility index (Phi) is 4.13. The molecule has 0 saturated heterocycles. The number of hydrogen-bond acceptors (Lipinski definition) is 4. The molecule has 6 heteroatoms. The molecule has 0 fully saturated rings. The minimum atomic E-state index is -3.50.